The normalized spacial score (nSPS) is 19.9. The van der Waals surface area contributed by atoms with Gasteiger partial charge in [-0.1, -0.05) is 4.68 Å². The minimum absolute atomic E-state index is 0.194. The molecule has 0 aliphatic carbocycles. The molecule has 108 valence electrons. The molecule has 1 aliphatic heterocycles. The largest absolute Gasteiger partial charge is 0.377 e. The van der Waals surface area contributed by atoms with Crippen molar-refractivity contribution in [2.45, 2.75) is 19.9 Å². The van der Waals surface area contributed by atoms with Crippen molar-refractivity contribution < 1.29 is 18.5 Å². The number of hydrogen-bond donors (Lipinski definition) is 0. The summed E-state index contributed by atoms with van der Waals surface area (Å²) >= 11 is 5.19. The maximum Gasteiger partial charge on any atom is 0.363 e. The van der Waals surface area contributed by atoms with Gasteiger partial charge in [-0.25, -0.2) is 4.79 Å². The topological polar surface area (TPSA) is 54.7 Å². The number of rotatable bonds is 3. The summed E-state index contributed by atoms with van der Waals surface area (Å²) in [6.07, 6.45) is 5.03. The lowest BCUT2D eigenvalue weighted by Gasteiger charge is -2.30. The molecule has 0 aromatic carbocycles. The van der Waals surface area contributed by atoms with Crippen LogP contribution >= 0.6 is 11.9 Å². The summed E-state index contributed by atoms with van der Waals surface area (Å²) < 4.78 is 11.6. The molecule has 1 atom stereocenters. The molecule has 2 rings (SSSR count). The Morgan fingerprint density at radius 2 is 2.50 bits per heavy atom. The summed E-state index contributed by atoms with van der Waals surface area (Å²) in [6, 6.07) is 1.78. The first-order valence-electron chi connectivity index (χ1n) is 6.39. The van der Waals surface area contributed by atoms with Gasteiger partial charge in [0.2, 0.25) is 0 Å². The minimum Gasteiger partial charge on any atom is -0.377 e. The quantitative estimate of drug-likeness (QED) is 0.629. The van der Waals surface area contributed by atoms with Gasteiger partial charge in [-0.05, 0) is 13.0 Å². The first-order valence-corrected chi connectivity index (χ1v) is 6.69. The molecule has 1 unspecified atom stereocenters. The van der Waals surface area contributed by atoms with Crippen molar-refractivity contribution in [1.29, 1.82) is 0 Å². The number of pyridine rings is 1. The molecule has 1 saturated heterocycles. The van der Waals surface area contributed by atoms with Crippen LogP contribution in [-0.2, 0) is 9.03 Å². The Kier molecular flexibility index (Phi) is 4.92. The molecule has 0 spiro atoms. The Hall–Kier alpha value is -1.66. The van der Waals surface area contributed by atoms with E-state index in [4.69, 9.17) is 16.6 Å². The fourth-order valence-corrected chi connectivity index (χ4v) is 2.33. The highest BCUT2D eigenvalue weighted by molar-refractivity contribution is 6.16. The average molecular weight is 299 g/mol. The molecular formula is C13H17ClN3O3+. The van der Waals surface area contributed by atoms with Crippen LogP contribution in [0.1, 0.15) is 24.2 Å². The van der Waals surface area contributed by atoms with E-state index < -0.39 is 5.97 Å². The van der Waals surface area contributed by atoms with Gasteiger partial charge in [0.1, 0.15) is 29.7 Å². The zero-order valence-corrected chi connectivity index (χ0v) is 12.2. The molecule has 0 radical (unpaired) electrons. The predicted molar refractivity (Wildman–Crippen MR) is 74.2 cm³/mol. The number of hydrazine groups is 1. The lowest BCUT2D eigenvalue weighted by Crippen LogP contribution is -2.48. The van der Waals surface area contributed by atoms with E-state index in [-0.39, 0.29) is 6.04 Å². The standard InChI is InChI=1S/C13H17ClN3O3/c1-3-16(17-6-7-19-9-10(17)2)12-8-15-5-4-11(12)13(18)20-14/h3-5,8,10H,6-7,9H2,1-2H3/q+1. The number of morpholine rings is 1. The molecule has 1 aromatic heterocycles. The van der Waals surface area contributed by atoms with Crippen molar-refractivity contribution in [2.75, 3.05) is 19.8 Å². The second-order valence-corrected chi connectivity index (χ2v) is 4.60. The fourth-order valence-electron chi connectivity index (χ4n) is 2.25. The molecule has 0 saturated carbocycles. The minimum atomic E-state index is -0.600. The van der Waals surface area contributed by atoms with Gasteiger partial charge in [-0.3, -0.25) is 4.98 Å². The Balaban J connectivity index is 2.40. The predicted octanol–water partition coefficient (Wildman–Crippen LogP) is 1.76. The summed E-state index contributed by atoms with van der Waals surface area (Å²) in [5, 5.41) is 2.12. The maximum absolute atomic E-state index is 11.8. The molecular weight excluding hydrogens is 282 g/mol. The third-order valence-corrected chi connectivity index (χ3v) is 3.33. The van der Waals surface area contributed by atoms with Gasteiger partial charge in [-0.2, -0.15) is 5.01 Å². The van der Waals surface area contributed by atoms with E-state index in [9.17, 15) is 4.79 Å². The van der Waals surface area contributed by atoms with Crippen molar-refractivity contribution in [3.63, 3.8) is 0 Å². The number of hydrogen-bond acceptors (Lipinski definition) is 5. The molecule has 6 nitrogen and oxygen atoms in total. The van der Waals surface area contributed by atoms with E-state index in [0.29, 0.717) is 24.5 Å². The number of aromatic nitrogens is 1. The van der Waals surface area contributed by atoms with Gasteiger partial charge in [-0.15, -0.1) is 0 Å². The van der Waals surface area contributed by atoms with E-state index in [2.05, 4.69) is 21.2 Å². The summed E-state index contributed by atoms with van der Waals surface area (Å²) in [4.78, 5) is 15.8. The summed E-state index contributed by atoms with van der Waals surface area (Å²) in [6.45, 7) is 5.97. The third-order valence-electron chi connectivity index (χ3n) is 3.19. The average Bonchev–Trinajstić information content (AvgIpc) is 2.49. The molecule has 0 N–H and O–H groups in total. The van der Waals surface area contributed by atoms with Crippen LogP contribution in [-0.4, -0.2) is 52.7 Å². The number of nitrogens with zero attached hydrogens (tertiary/aromatic N) is 3. The van der Waals surface area contributed by atoms with Gasteiger partial charge in [0.05, 0.1) is 19.8 Å². The molecule has 1 aliphatic rings. The van der Waals surface area contributed by atoms with E-state index in [1.54, 1.807) is 12.3 Å². The second kappa shape index (κ2) is 6.67. The highest BCUT2D eigenvalue weighted by atomic mass is 35.5. The number of hydrazone groups is 1. The molecule has 1 fully saturated rings. The number of halogens is 1. The molecule has 0 bridgehead atoms. The zero-order valence-electron chi connectivity index (χ0n) is 11.5. The molecule has 1 aromatic rings. The zero-order chi connectivity index (χ0) is 14.5. The van der Waals surface area contributed by atoms with Crippen LogP contribution in [0.4, 0.5) is 5.69 Å². The van der Waals surface area contributed by atoms with Crippen molar-refractivity contribution in [2.24, 2.45) is 0 Å². The van der Waals surface area contributed by atoms with Crippen LogP contribution < -0.4 is 0 Å². The molecule has 2 heterocycles. The van der Waals surface area contributed by atoms with Crippen molar-refractivity contribution >= 4 is 29.7 Å². The summed E-state index contributed by atoms with van der Waals surface area (Å²) in [5.41, 5.74) is 1.00. The van der Waals surface area contributed by atoms with Crippen LogP contribution in [0.25, 0.3) is 0 Å². The first kappa shape index (κ1) is 14.7. The fraction of sp³-hybridized carbons (Fsp3) is 0.462. The van der Waals surface area contributed by atoms with Gasteiger partial charge >= 0.3 is 5.97 Å². The van der Waals surface area contributed by atoms with E-state index in [1.807, 2.05) is 17.8 Å². The van der Waals surface area contributed by atoms with Crippen LogP contribution in [0.15, 0.2) is 18.5 Å². The highest BCUT2D eigenvalue weighted by Gasteiger charge is 2.31. The van der Waals surface area contributed by atoms with Crippen LogP contribution in [0.2, 0.25) is 0 Å². The van der Waals surface area contributed by atoms with Gasteiger partial charge in [0.15, 0.2) is 6.21 Å². The first-order chi connectivity index (χ1) is 9.69. The van der Waals surface area contributed by atoms with Crippen molar-refractivity contribution in [1.82, 2.24) is 9.99 Å². The third kappa shape index (κ3) is 2.91. The van der Waals surface area contributed by atoms with Crippen LogP contribution in [0, 0.1) is 0 Å². The van der Waals surface area contributed by atoms with Gasteiger partial charge in [0.25, 0.3) is 5.69 Å². The van der Waals surface area contributed by atoms with Crippen molar-refractivity contribution in [3.8, 4) is 0 Å². The molecule has 20 heavy (non-hydrogen) atoms. The van der Waals surface area contributed by atoms with E-state index in [0.717, 1.165) is 6.54 Å². The number of carbonyl (C=O) groups is 1. The van der Waals surface area contributed by atoms with Crippen molar-refractivity contribution in [3.05, 3.63) is 24.0 Å². The Labute approximate surface area is 122 Å². The van der Waals surface area contributed by atoms with Gasteiger partial charge in [0, 0.05) is 13.1 Å². The van der Waals surface area contributed by atoms with Crippen LogP contribution in [0.5, 0.6) is 0 Å². The lowest BCUT2D eigenvalue weighted by atomic mass is 10.2. The van der Waals surface area contributed by atoms with E-state index in [1.165, 1.54) is 6.20 Å². The number of carbonyl (C=O) groups excluding carboxylic acids is 1. The molecule has 7 heteroatoms. The lowest BCUT2D eigenvalue weighted by molar-refractivity contribution is -0.635. The Morgan fingerprint density at radius 3 is 3.15 bits per heavy atom. The monoisotopic (exact) mass is 298 g/mol. The SMILES string of the molecule is CC=[N+](c1cnccc1C(=O)OCl)N1CCOCC1C. The maximum atomic E-state index is 11.8. The Morgan fingerprint density at radius 1 is 1.70 bits per heavy atom. The Bertz CT molecular complexity index is 521. The van der Waals surface area contributed by atoms with E-state index >= 15 is 0 Å². The second-order valence-electron chi connectivity index (χ2n) is 4.45. The number of ether oxygens (including phenoxy) is 1. The van der Waals surface area contributed by atoms with Crippen LogP contribution in [0.3, 0.4) is 0 Å². The highest BCUT2D eigenvalue weighted by Crippen LogP contribution is 2.22. The summed E-state index contributed by atoms with van der Waals surface area (Å²) in [5.74, 6) is -0.600. The molecule has 0 amide bonds. The smallest absolute Gasteiger partial charge is 0.363 e. The van der Waals surface area contributed by atoms with Gasteiger partial charge < -0.3 is 9.03 Å². The summed E-state index contributed by atoms with van der Waals surface area (Å²) in [7, 11) is 0.